The van der Waals surface area contributed by atoms with Gasteiger partial charge in [0.25, 0.3) is 0 Å². The third-order valence-electron chi connectivity index (χ3n) is 1.15. The fourth-order valence-corrected chi connectivity index (χ4v) is 0.951. The normalized spacial score (nSPS) is 10.0. The first-order valence-electron chi connectivity index (χ1n) is 3.08. The van der Waals surface area contributed by atoms with Crippen LogP contribution in [0.25, 0.3) is 0 Å². The van der Waals surface area contributed by atoms with Crippen LogP contribution in [0, 0.1) is 0 Å². The number of halogens is 1. The van der Waals surface area contributed by atoms with Gasteiger partial charge < -0.3 is 10.1 Å². The first-order chi connectivity index (χ1) is 5.24. The SMILES string of the molecule is O=C(CCO)c1ncc(Br)[nH]1. The quantitative estimate of drug-likeness (QED) is 0.736. The predicted molar refractivity (Wildman–Crippen MR) is 42.3 cm³/mol. The Morgan fingerprint density at radius 1 is 1.82 bits per heavy atom. The summed E-state index contributed by atoms with van der Waals surface area (Å²) in [5, 5.41) is 8.43. The molecule has 0 aliphatic rings. The minimum atomic E-state index is -0.182. The summed E-state index contributed by atoms with van der Waals surface area (Å²) in [6, 6.07) is 0. The van der Waals surface area contributed by atoms with E-state index >= 15 is 0 Å². The number of nitrogens with one attached hydrogen (secondary N) is 1. The number of aromatic amines is 1. The second kappa shape index (κ2) is 3.64. The lowest BCUT2D eigenvalue weighted by molar-refractivity contribution is 0.0947. The molecule has 0 unspecified atom stereocenters. The number of aliphatic hydroxyl groups is 1. The lowest BCUT2D eigenvalue weighted by Crippen LogP contribution is -2.03. The van der Waals surface area contributed by atoms with Crippen LogP contribution in [0.15, 0.2) is 10.8 Å². The summed E-state index contributed by atoms with van der Waals surface area (Å²) < 4.78 is 0.666. The Hall–Kier alpha value is -0.680. The number of hydrogen-bond donors (Lipinski definition) is 2. The van der Waals surface area contributed by atoms with Gasteiger partial charge in [0.05, 0.1) is 12.8 Å². The van der Waals surface area contributed by atoms with Crippen LogP contribution in [0.1, 0.15) is 17.0 Å². The van der Waals surface area contributed by atoms with Crippen molar-refractivity contribution in [3.63, 3.8) is 0 Å². The highest BCUT2D eigenvalue weighted by Crippen LogP contribution is 2.05. The van der Waals surface area contributed by atoms with Crippen LogP contribution in [-0.4, -0.2) is 27.5 Å². The third-order valence-corrected chi connectivity index (χ3v) is 1.55. The summed E-state index contributed by atoms with van der Waals surface area (Å²) in [6.07, 6.45) is 1.62. The largest absolute Gasteiger partial charge is 0.396 e. The zero-order valence-electron chi connectivity index (χ0n) is 5.67. The van der Waals surface area contributed by atoms with Crippen molar-refractivity contribution in [3.8, 4) is 0 Å². The van der Waals surface area contributed by atoms with Gasteiger partial charge in [-0.25, -0.2) is 4.98 Å². The van der Waals surface area contributed by atoms with Crippen molar-refractivity contribution in [1.82, 2.24) is 9.97 Å². The highest BCUT2D eigenvalue weighted by molar-refractivity contribution is 9.10. The topological polar surface area (TPSA) is 66.0 Å². The lowest BCUT2D eigenvalue weighted by atomic mass is 10.3. The first-order valence-corrected chi connectivity index (χ1v) is 3.88. The smallest absolute Gasteiger partial charge is 0.200 e. The van der Waals surface area contributed by atoms with E-state index in [1.165, 1.54) is 6.20 Å². The van der Waals surface area contributed by atoms with Gasteiger partial charge in [0.1, 0.15) is 4.60 Å². The molecule has 0 aliphatic carbocycles. The zero-order chi connectivity index (χ0) is 8.27. The summed E-state index contributed by atoms with van der Waals surface area (Å²) in [5.74, 6) is 0.101. The van der Waals surface area contributed by atoms with Gasteiger partial charge in [-0.05, 0) is 15.9 Å². The van der Waals surface area contributed by atoms with Gasteiger partial charge >= 0.3 is 0 Å². The van der Waals surface area contributed by atoms with E-state index in [1.807, 2.05) is 0 Å². The first kappa shape index (κ1) is 8.42. The van der Waals surface area contributed by atoms with Gasteiger partial charge in [-0.1, -0.05) is 0 Å². The second-order valence-electron chi connectivity index (χ2n) is 1.98. The molecule has 0 aliphatic heterocycles. The summed E-state index contributed by atoms with van der Waals surface area (Å²) in [7, 11) is 0. The Morgan fingerprint density at radius 2 is 2.55 bits per heavy atom. The maximum absolute atomic E-state index is 11.0. The van der Waals surface area contributed by atoms with E-state index in [0.717, 1.165) is 0 Å². The van der Waals surface area contributed by atoms with Crippen molar-refractivity contribution in [1.29, 1.82) is 0 Å². The van der Waals surface area contributed by atoms with E-state index in [-0.39, 0.29) is 24.6 Å². The van der Waals surface area contributed by atoms with Crippen LogP contribution in [0.4, 0.5) is 0 Å². The molecule has 0 saturated heterocycles. The van der Waals surface area contributed by atoms with Gasteiger partial charge in [0.2, 0.25) is 0 Å². The predicted octanol–water partition coefficient (Wildman–Crippen LogP) is 0.737. The highest BCUT2D eigenvalue weighted by Gasteiger charge is 2.07. The molecule has 11 heavy (non-hydrogen) atoms. The molecule has 1 aromatic rings. The van der Waals surface area contributed by atoms with E-state index in [0.29, 0.717) is 4.60 Å². The molecule has 0 radical (unpaired) electrons. The maximum atomic E-state index is 11.0. The molecule has 0 bridgehead atoms. The average Bonchev–Trinajstić information content (AvgIpc) is 2.36. The molecule has 60 valence electrons. The van der Waals surface area contributed by atoms with Crippen molar-refractivity contribution < 1.29 is 9.90 Å². The summed E-state index contributed by atoms with van der Waals surface area (Å²) in [5.41, 5.74) is 0. The molecule has 1 aromatic heterocycles. The maximum Gasteiger partial charge on any atom is 0.200 e. The number of Topliss-reactive ketones (excluding diaryl/α,β-unsaturated/α-hetero) is 1. The Balaban J connectivity index is 2.69. The number of aromatic nitrogens is 2. The molecule has 0 aromatic carbocycles. The molecule has 0 atom stereocenters. The molecule has 1 rings (SSSR count). The monoisotopic (exact) mass is 218 g/mol. The van der Waals surface area contributed by atoms with Crippen molar-refractivity contribution in [2.45, 2.75) is 6.42 Å². The number of rotatable bonds is 3. The van der Waals surface area contributed by atoms with Gasteiger partial charge in [-0.3, -0.25) is 4.79 Å². The van der Waals surface area contributed by atoms with Crippen LogP contribution < -0.4 is 0 Å². The highest BCUT2D eigenvalue weighted by atomic mass is 79.9. The Labute approximate surface area is 71.8 Å². The number of aliphatic hydroxyl groups excluding tert-OH is 1. The van der Waals surface area contributed by atoms with E-state index in [4.69, 9.17) is 5.11 Å². The number of ketones is 1. The van der Waals surface area contributed by atoms with E-state index in [9.17, 15) is 4.79 Å². The second-order valence-corrected chi connectivity index (χ2v) is 2.83. The van der Waals surface area contributed by atoms with Crippen LogP contribution >= 0.6 is 15.9 Å². The molecule has 0 saturated carbocycles. The molecule has 0 spiro atoms. The van der Waals surface area contributed by atoms with E-state index in [2.05, 4.69) is 25.9 Å². The minimum Gasteiger partial charge on any atom is -0.396 e. The number of imidazole rings is 1. The number of hydrogen-bond acceptors (Lipinski definition) is 3. The molecule has 4 nitrogen and oxygen atoms in total. The van der Waals surface area contributed by atoms with Crippen molar-refractivity contribution >= 4 is 21.7 Å². The van der Waals surface area contributed by atoms with Gasteiger partial charge in [0, 0.05) is 6.42 Å². The minimum absolute atomic E-state index is 0.111. The fraction of sp³-hybridized carbons (Fsp3) is 0.333. The van der Waals surface area contributed by atoms with Gasteiger partial charge in [-0.2, -0.15) is 0 Å². The average molecular weight is 219 g/mol. The van der Waals surface area contributed by atoms with Gasteiger partial charge in [-0.15, -0.1) is 0 Å². The zero-order valence-corrected chi connectivity index (χ0v) is 7.26. The summed E-state index contributed by atoms with van der Waals surface area (Å²) in [4.78, 5) is 17.5. The van der Waals surface area contributed by atoms with Crippen LogP contribution in [0.5, 0.6) is 0 Å². The number of carbonyl (C=O) groups is 1. The molecular formula is C6H7BrN2O2. The van der Waals surface area contributed by atoms with Crippen molar-refractivity contribution in [2.24, 2.45) is 0 Å². The Bertz CT molecular complexity index is 259. The molecule has 0 amide bonds. The van der Waals surface area contributed by atoms with E-state index < -0.39 is 0 Å². The number of nitrogens with zero attached hydrogens (tertiary/aromatic N) is 1. The van der Waals surface area contributed by atoms with Gasteiger partial charge in [0.15, 0.2) is 11.6 Å². The lowest BCUT2D eigenvalue weighted by Gasteiger charge is -1.90. The molecular weight excluding hydrogens is 212 g/mol. The van der Waals surface area contributed by atoms with Crippen LogP contribution in [0.3, 0.4) is 0 Å². The molecule has 2 N–H and O–H groups in total. The Morgan fingerprint density at radius 3 is 3.00 bits per heavy atom. The van der Waals surface area contributed by atoms with Crippen LogP contribution in [-0.2, 0) is 0 Å². The van der Waals surface area contributed by atoms with Crippen molar-refractivity contribution in [3.05, 3.63) is 16.6 Å². The fourth-order valence-electron chi connectivity index (χ4n) is 0.661. The molecule has 5 heteroatoms. The summed E-state index contributed by atoms with van der Waals surface area (Å²) in [6.45, 7) is -0.142. The summed E-state index contributed by atoms with van der Waals surface area (Å²) >= 11 is 3.12. The number of carbonyl (C=O) groups excluding carboxylic acids is 1. The van der Waals surface area contributed by atoms with E-state index in [1.54, 1.807) is 0 Å². The molecule has 1 heterocycles. The number of H-pyrrole nitrogens is 1. The third kappa shape index (κ3) is 2.13. The Kier molecular flexibility index (Phi) is 2.78. The molecule has 0 fully saturated rings. The van der Waals surface area contributed by atoms with Crippen molar-refractivity contribution in [2.75, 3.05) is 6.61 Å². The standard InChI is InChI=1S/C6H7BrN2O2/c7-5-3-8-6(9-5)4(11)1-2-10/h3,10H,1-2H2,(H,8,9). The van der Waals surface area contributed by atoms with Crippen LogP contribution in [0.2, 0.25) is 0 Å².